The Balaban J connectivity index is 1.37. The average molecular weight is 384 g/mol. The van der Waals surface area contributed by atoms with Crippen LogP contribution in [0.15, 0.2) is 77.3 Å². The molecule has 0 saturated heterocycles. The predicted octanol–water partition coefficient (Wildman–Crippen LogP) is 5.88. The number of pyridine rings is 1. The highest BCUT2D eigenvalue weighted by atomic mass is 16.5. The van der Waals surface area contributed by atoms with Crippen molar-refractivity contribution >= 4 is 10.9 Å². The van der Waals surface area contributed by atoms with Crippen LogP contribution in [0.4, 0.5) is 0 Å². The van der Waals surface area contributed by atoms with Crippen LogP contribution in [0.5, 0.6) is 5.75 Å². The van der Waals surface area contributed by atoms with Crippen molar-refractivity contribution in [1.82, 2.24) is 9.97 Å². The molecule has 2 heterocycles. The maximum Gasteiger partial charge on any atom is 0.130 e. The minimum Gasteiger partial charge on any atom is -0.491 e. The van der Waals surface area contributed by atoms with Gasteiger partial charge >= 0.3 is 0 Å². The second-order valence-corrected chi connectivity index (χ2v) is 7.11. The Labute approximate surface area is 170 Å². The van der Waals surface area contributed by atoms with Gasteiger partial charge in [0.1, 0.15) is 12.4 Å². The van der Waals surface area contributed by atoms with Gasteiger partial charge in [-0.15, -0.1) is 0 Å². The van der Waals surface area contributed by atoms with Gasteiger partial charge in [0.05, 0.1) is 13.1 Å². The molecule has 4 aromatic rings. The van der Waals surface area contributed by atoms with Crippen molar-refractivity contribution in [3.05, 3.63) is 83.8 Å². The standard InChI is InChI=1S/C24H24N4O/c1-17-12-18(2)24(22(13-17)21-4-3-8-25-16-21)29-11-10-27-28-15-19-5-6-20-7-9-26-23(20)14-19/h3-9,12-14,16,26H,10-11,15H2,1-2H3. The highest BCUT2D eigenvalue weighted by molar-refractivity contribution is 5.79. The van der Waals surface area contributed by atoms with Crippen molar-refractivity contribution in [1.29, 1.82) is 0 Å². The molecule has 0 bridgehead atoms. The molecule has 2 aromatic heterocycles. The Bertz CT molecular complexity index is 1130. The van der Waals surface area contributed by atoms with Crippen molar-refractivity contribution < 1.29 is 4.74 Å². The Morgan fingerprint density at radius 3 is 2.83 bits per heavy atom. The molecule has 0 aliphatic rings. The molecule has 4 rings (SSSR count). The number of ether oxygens (including phenoxy) is 1. The second kappa shape index (κ2) is 8.69. The van der Waals surface area contributed by atoms with Crippen molar-refractivity contribution in [2.45, 2.75) is 20.4 Å². The molecule has 0 aliphatic carbocycles. The van der Waals surface area contributed by atoms with Crippen LogP contribution in [-0.2, 0) is 6.54 Å². The Kier molecular flexibility index (Phi) is 5.66. The van der Waals surface area contributed by atoms with E-state index in [4.69, 9.17) is 4.74 Å². The summed E-state index contributed by atoms with van der Waals surface area (Å²) < 4.78 is 6.09. The maximum atomic E-state index is 6.09. The van der Waals surface area contributed by atoms with Gasteiger partial charge < -0.3 is 9.72 Å². The summed E-state index contributed by atoms with van der Waals surface area (Å²) in [6, 6.07) is 16.6. The highest BCUT2D eigenvalue weighted by Crippen LogP contribution is 2.33. The van der Waals surface area contributed by atoms with Gasteiger partial charge in [-0.05, 0) is 60.2 Å². The van der Waals surface area contributed by atoms with E-state index in [9.17, 15) is 0 Å². The summed E-state index contributed by atoms with van der Waals surface area (Å²) in [5.74, 6) is 0.885. The normalized spacial score (nSPS) is 11.4. The fourth-order valence-electron chi connectivity index (χ4n) is 3.47. The molecule has 0 fully saturated rings. The van der Waals surface area contributed by atoms with Crippen LogP contribution in [0.2, 0.25) is 0 Å². The van der Waals surface area contributed by atoms with E-state index < -0.39 is 0 Å². The number of aryl methyl sites for hydroxylation is 2. The number of fused-ring (bicyclic) bond motifs is 1. The topological polar surface area (TPSA) is 62.6 Å². The number of aromatic amines is 1. The van der Waals surface area contributed by atoms with E-state index in [1.807, 2.05) is 18.5 Å². The lowest BCUT2D eigenvalue weighted by molar-refractivity contribution is 0.325. The molecule has 29 heavy (non-hydrogen) atoms. The highest BCUT2D eigenvalue weighted by Gasteiger charge is 2.10. The van der Waals surface area contributed by atoms with Gasteiger partial charge in [-0.2, -0.15) is 10.2 Å². The lowest BCUT2D eigenvalue weighted by atomic mass is 10.0. The third kappa shape index (κ3) is 4.51. The largest absolute Gasteiger partial charge is 0.491 e. The summed E-state index contributed by atoms with van der Waals surface area (Å²) >= 11 is 0. The van der Waals surface area contributed by atoms with E-state index in [-0.39, 0.29) is 0 Å². The molecule has 0 saturated carbocycles. The van der Waals surface area contributed by atoms with E-state index in [1.54, 1.807) is 6.20 Å². The SMILES string of the molecule is Cc1cc(C)c(OCCN=NCc2ccc3cc[nH]c3c2)c(-c2cccnc2)c1. The van der Waals surface area contributed by atoms with E-state index in [2.05, 4.69) is 76.5 Å². The minimum atomic E-state index is 0.482. The monoisotopic (exact) mass is 384 g/mol. The second-order valence-electron chi connectivity index (χ2n) is 7.11. The summed E-state index contributed by atoms with van der Waals surface area (Å²) in [4.78, 5) is 7.46. The summed E-state index contributed by atoms with van der Waals surface area (Å²) in [5.41, 5.74) is 6.69. The molecular formula is C24H24N4O. The zero-order valence-electron chi connectivity index (χ0n) is 16.7. The van der Waals surface area contributed by atoms with E-state index in [0.29, 0.717) is 19.7 Å². The van der Waals surface area contributed by atoms with Crippen LogP contribution < -0.4 is 4.74 Å². The minimum absolute atomic E-state index is 0.482. The zero-order chi connectivity index (χ0) is 20.1. The number of nitrogens with one attached hydrogen (secondary N) is 1. The molecule has 0 spiro atoms. The van der Waals surface area contributed by atoms with E-state index in [1.165, 1.54) is 10.9 Å². The smallest absolute Gasteiger partial charge is 0.130 e. The van der Waals surface area contributed by atoms with Crippen LogP contribution >= 0.6 is 0 Å². The molecule has 1 N–H and O–H groups in total. The number of hydrogen-bond acceptors (Lipinski definition) is 4. The number of rotatable bonds is 7. The van der Waals surface area contributed by atoms with Gasteiger partial charge in [0, 0.05) is 35.2 Å². The summed E-state index contributed by atoms with van der Waals surface area (Å²) in [6.45, 7) is 5.73. The number of hydrogen-bond donors (Lipinski definition) is 1. The molecule has 0 amide bonds. The van der Waals surface area contributed by atoms with Gasteiger partial charge in [0.25, 0.3) is 0 Å². The molecule has 0 unspecified atom stereocenters. The molecular weight excluding hydrogens is 360 g/mol. The molecule has 0 atom stereocenters. The van der Waals surface area contributed by atoms with Gasteiger partial charge in [-0.3, -0.25) is 4.98 Å². The van der Waals surface area contributed by atoms with E-state index in [0.717, 1.165) is 33.5 Å². The first-order chi connectivity index (χ1) is 14.2. The zero-order valence-corrected chi connectivity index (χ0v) is 16.7. The Morgan fingerprint density at radius 2 is 1.97 bits per heavy atom. The summed E-state index contributed by atoms with van der Waals surface area (Å²) in [6.07, 6.45) is 5.59. The molecule has 5 heteroatoms. The first-order valence-electron chi connectivity index (χ1n) is 9.74. The molecule has 0 aliphatic heterocycles. The number of nitrogens with zero attached hydrogens (tertiary/aromatic N) is 3. The van der Waals surface area contributed by atoms with Gasteiger partial charge in [-0.25, -0.2) is 0 Å². The fourth-order valence-corrected chi connectivity index (χ4v) is 3.47. The molecule has 5 nitrogen and oxygen atoms in total. The number of azo groups is 1. The van der Waals surface area contributed by atoms with Crippen molar-refractivity contribution in [2.24, 2.45) is 10.2 Å². The van der Waals surface area contributed by atoms with Crippen LogP contribution in [0.1, 0.15) is 16.7 Å². The lowest BCUT2D eigenvalue weighted by Crippen LogP contribution is -2.04. The molecule has 0 radical (unpaired) electrons. The first kappa shape index (κ1) is 18.9. The number of H-pyrrole nitrogens is 1. The van der Waals surface area contributed by atoms with Gasteiger partial charge in [-0.1, -0.05) is 24.3 Å². The van der Waals surface area contributed by atoms with Gasteiger partial charge in [0.2, 0.25) is 0 Å². The maximum absolute atomic E-state index is 6.09. The predicted molar refractivity (Wildman–Crippen MR) is 116 cm³/mol. The molecule has 2 aromatic carbocycles. The first-order valence-corrected chi connectivity index (χ1v) is 9.74. The Morgan fingerprint density at radius 1 is 1.03 bits per heavy atom. The van der Waals surface area contributed by atoms with Crippen LogP contribution in [0, 0.1) is 13.8 Å². The van der Waals surface area contributed by atoms with Crippen molar-refractivity contribution in [2.75, 3.05) is 13.2 Å². The van der Waals surface area contributed by atoms with Crippen LogP contribution in [-0.4, -0.2) is 23.1 Å². The third-order valence-corrected chi connectivity index (χ3v) is 4.80. The van der Waals surface area contributed by atoms with E-state index >= 15 is 0 Å². The quantitative estimate of drug-likeness (QED) is 0.319. The van der Waals surface area contributed by atoms with Crippen molar-refractivity contribution in [3.8, 4) is 16.9 Å². The third-order valence-electron chi connectivity index (χ3n) is 4.80. The van der Waals surface area contributed by atoms with Crippen LogP contribution in [0.3, 0.4) is 0 Å². The number of benzene rings is 2. The average Bonchev–Trinajstić information content (AvgIpc) is 3.20. The van der Waals surface area contributed by atoms with Crippen molar-refractivity contribution in [3.63, 3.8) is 0 Å². The fraction of sp³-hybridized carbons (Fsp3) is 0.208. The molecule has 146 valence electrons. The summed E-state index contributed by atoms with van der Waals surface area (Å²) in [5, 5.41) is 9.78. The lowest BCUT2D eigenvalue weighted by Gasteiger charge is -2.15. The number of aromatic nitrogens is 2. The summed E-state index contributed by atoms with van der Waals surface area (Å²) in [7, 11) is 0. The Hall–Kier alpha value is -3.47. The van der Waals surface area contributed by atoms with Crippen LogP contribution in [0.25, 0.3) is 22.0 Å². The van der Waals surface area contributed by atoms with Gasteiger partial charge in [0.15, 0.2) is 0 Å².